The first-order valence-electron chi connectivity index (χ1n) is 6.86. The highest BCUT2D eigenvalue weighted by molar-refractivity contribution is 6.03. The monoisotopic (exact) mass is 285 g/mol. The number of halogens is 1. The second kappa shape index (κ2) is 4.97. The lowest BCUT2D eigenvalue weighted by atomic mass is 9.94. The minimum absolute atomic E-state index is 0.173. The molecule has 1 heterocycles. The van der Waals surface area contributed by atoms with Gasteiger partial charge < -0.3 is 10.4 Å². The van der Waals surface area contributed by atoms with Crippen molar-refractivity contribution in [2.24, 2.45) is 0 Å². The Balaban J connectivity index is 2.09. The van der Waals surface area contributed by atoms with E-state index in [1.807, 2.05) is 19.1 Å². The van der Waals surface area contributed by atoms with Crippen LogP contribution in [0.4, 0.5) is 10.1 Å². The largest absolute Gasteiger partial charge is 0.384 e. The number of fused-ring (bicyclic) bond motifs is 1. The van der Waals surface area contributed by atoms with Gasteiger partial charge >= 0.3 is 0 Å². The summed E-state index contributed by atoms with van der Waals surface area (Å²) in [5.74, 6) is -1.02. The van der Waals surface area contributed by atoms with Gasteiger partial charge in [-0.15, -0.1) is 0 Å². The van der Waals surface area contributed by atoms with Crippen LogP contribution in [0.2, 0.25) is 0 Å². The van der Waals surface area contributed by atoms with Crippen molar-refractivity contribution in [1.82, 2.24) is 0 Å². The second-order valence-corrected chi connectivity index (χ2v) is 5.48. The number of benzene rings is 2. The molecule has 0 aliphatic carbocycles. The lowest BCUT2D eigenvalue weighted by Crippen LogP contribution is -2.09. The first kappa shape index (κ1) is 13.8. The standard InChI is InChI=1S/C17H16FNO2/c1-9-3-5-11(6-4-9)16(20)14-8-12(18)7-13-10(2)17(21)19-15(13)14/h3-8,10,16,20H,1-2H3,(H,19,21). The second-order valence-electron chi connectivity index (χ2n) is 5.48. The molecule has 2 atom stereocenters. The Labute approximate surface area is 122 Å². The molecule has 0 radical (unpaired) electrons. The zero-order valence-corrected chi connectivity index (χ0v) is 11.9. The third-order valence-electron chi connectivity index (χ3n) is 3.96. The third-order valence-corrected chi connectivity index (χ3v) is 3.96. The fourth-order valence-electron chi connectivity index (χ4n) is 2.65. The number of aliphatic hydroxyl groups is 1. The molecule has 2 aromatic rings. The molecular weight excluding hydrogens is 269 g/mol. The van der Waals surface area contributed by atoms with Crippen LogP contribution in [-0.2, 0) is 4.79 Å². The average molecular weight is 285 g/mol. The van der Waals surface area contributed by atoms with Gasteiger partial charge in [0.2, 0.25) is 5.91 Å². The van der Waals surface area contributed by atoms with Crippen molar-refractivity contribution in [3.05, 3.63) is 64.5 Å². The van der Waals surface area contributed by atoms with Gasteiger partial charge in [0.15, 0.2) is 0 Å². The van der Waals surface area contributed by atoms with E-state index in [0.29, 0.717) is 22.4 Å². The van der Waals surface area contributed by atoms with E-state index in [2.05, 4.69) is 5.32 Å². The number of hydrogen-bond acceptors (Lipinski definition) is 2. The number of aryl methyl sites for hydroxylation is 1. The number of aliphatic hydroxyl groups excluding tert-OH is 1. The van der Waals surface area contributed by atoms with Gasteiger partial charge in [-0.3, -0.25) is 4.79 Å². The highest BCUT2D eigenvalue weighted by atomic mass is 19.1. The summed E-state index contributed by atoms with van der Waals surface area (Å²) in [6.07, 6.45) is -0.972. The van der Waals surface area contributed by atoms with Gasteiger partial charge in [-0.25, -0.2) is 4.39 Å². The lowest BCUT2D eigenvalue weighted by Gasteiger charge is -2.16. The van der Waals surface area contributed by atoms with Gasteiger partial charge in [-0.1, -0.05) is 29.8 Å². The Morgan fingerprint density at radius 2 is 1.90 bits per heavy atom. The number of amides is 1. The SMILES string of the molecule is Cc1ccc(C(O)c2cc(F)cc3c2NC(=O)C3C)cc1. The fraction of sp³-hybridized carbons (Fsp3) is 0.235. The number of rotatable bonds is 2. The quantitative estimate of drug-likeness (QED) is 0.889. The molecule has 0 saturated carbocycles. The Morgan fingerprint density at radius 3 is 2.57 bits per heavy atom. The maximum Gasteiger partial charge on any atom is 0.231 e. The Morgan fingerprint density at radius 1 is 1.24 bits per heavy atom. The molecule has 1 aliphatic rings. The highest BCUT2D eigenvalue weighted by Gasteiger charge is 2.31. The maximum absolute atomic E-state index is 13.8. The predicted octanol–water partition coefficient (Wildman–Crippen LogP) is 3.27. The molecule has 0 aromatic heterocycles. The van der Waals surface area contributed by atoms with Crippen LogP contribution < -0.4 is 5.32 Å². The smallest absolute Gasteiger partial charge is 0.231 e. The summed E-state index contributed by atoms with van der Waals surface area (Å²) in [4.78, 5) is 11.8. The molecule has 0 bridgehead atoms. The van der Waals surface area contributed by atoms with Crippen molar-refractivity contribution >= 4 is 11.6 Å². The summed E-state index contributed by atoms with van der Waals surface area (Å²) >= 11 is 0. The van der Waals surface area contributed by atoms with E-state index in [9.17, 15) is 14.3 Å². The highest BCUT2D eigenvalue weighted by Crippen LogP contribution is 2.39. The van der Waals surface area contributed by atoms with Crippen molar-refractivity contribution in [1.29, 1.82) is 0 Å². The molecule has 3 nitrogen and oxygen atoms in total. The molecule has 0 spiro atoms. The predicted molar refractivity (Wildman–Crippen MR) is 78.7 cm³/mol. The molecule has 21 heavy (non-hydrogen) atoms. The van der Waals surface area contributed by atoms with E-state index in [1.165, 1.54) is 12.1 Å². The van der Waals surface area contributed by atoms with Gasteiger partial charge in [0.05, 0.1) is 11.6 Å². The van der Waals surface area contributed by atoms with Crippen LogP contribution in [0.1, 0.15) is 41.2 Å². The number of anilines is 1. The van der Waals surface area contributed by atoms with Crippen molar-refractivity contribution in [2.75, 3.05) is 5.32 Å². The summed E-state index contributed by atoms with van der Waals surface area (Å²) in [6, 6.07) is 10.0. The number of carbonyl (C=O) groups excluding carboxylic acids is 1. The molecule has 108 valence electrons. The normalized spacial score (nSPS) is 18.3. The molecule has 1 amide bonds. The maximum atomic E-state index is 13.8. The summed E-state index contributed by atoms with van der Waals surface area (Å²) in [5, 5.41) is 13.3. The molecule has 0 fully saturated rings. The van der Waals surface area contributed by atoms with Crippen LogP contribution in [0.3, 0.4) is 0 Å². The third kappa shape index (κ3) is 2.32. The molecule has 0 saturated heterocycles. The Hall–Kier alpha value is -2.20. The summed E-state index contributed by atoms with van der Waals surface area (Å²) in [6.45, 7) is 3.68. The van der Waals surface area contributed by atoms with E-state index >= 15 is 0 Å². The minimum atomic E-state index is -0.972. The fourth-order valence-corrected chi connectivity index (χ4v) is 2.65. The first-order valence-corrected chi connectivity index (χ1v) is 6.86. The Bertz CT molecular complexity index is 709. The topological polar surface area (TPSA) is 49.3 Å². The van der Waals surface area contributed by atoms with Crippen LogP contribution in [0.25, 0.3) is 0 Å². The van der Waals surface area contributed by atoms with E-state index in [1.54, 1.807) is 19.1 Å². The summed E-state index contributed by atoms with van der Waals surface area (Å²) in [5.41, 5.74) is 3.27. The van der Waals surface area contributed by atoms with Gasteiger partial charge in [-0.2, -0.15) is 0 Å². The van der Waals surface area contributed by atoms with E-state index < -0.39 is 17.8 Å². The lowest BCUT2D eigenvalue weighted by molar-refractivity contribution is -0.116. The van der Waals surface area contributed by atoms with E-state index in [4.69, 9.17) is 0 Å². The zero-order valence-electron chi connectivity index (χ0n) is 11.9. The minimum Gasteiger partial charge on any atom is -0.384 e. The first-order chi connectivity index (χ1) is 9.97. The van der Waals surface area contributed by atoms with Crippen LogP contribution in [0.15, 0.2) is 36.4 Å². The van der Waals surface area contributed by atoms with E-state index in [0.717, 1.165) is 5.56 Å². The van der Waals surface area contributed by atoms with Crippen molar-refractivity contribution in [3.8, 4) is 0 Å². The van der Waals surface area contributed by atoms with Crippen LogP contribution in [0.5, 0.6) is 0 Å². The Kier molecular flexibility index (Phi) is 3.26. The number of hydrogen-bond donors (Lipinski definition) is 2. The van der Waals surface area contributed by atoms with E-state index in [-0.39, 0.29) is 5.91 Å². The van der Waals surface area contributed by atoms with Crippen molar-refractivity contribution in [2.45, 2.75) is 25.9 Å². The summed E-state index contributed by atoms with van der Waals surface area (Å²) < 4.78 is 13.8. The van der Waals surface area contributed by atoms with Gasteiger partial charge in [0.1, 0.15) is 11.9 Å². The average Bonchev–Trinajstić information content (AvgIpc) is 2.74. The van der Waals surface area contributed by atoms with Crippen LogP contribution in [-0.4, -0.2) is 11.0 Å². The van der Waals surface area contributed by atoms with Crippen molar-refractivity contribution in [3.63, 3.8) is 0 Å². The molecular formula is C17H16FNO2. The molecule has 1 aliphatic heterocycles. The summed E-state index contributed by atoms with van der Waals surface area (Å²) in [7, 11) is 0. The number of carbonyl (C=O) groups is 1. The van der Waals surface area contributed by atoms with Gasteiger partial charge in [0, 0.05) is 5.56 Å². The number of nitrogens with one attached hydrogen (secondary N) is 1. The molecule has 2 unspecified atom stereocenters. The van der Waals surface area contributed by atoms with Crippen molar-refractivity contribution < 1.29 is 14.3 Å². The molecule has 2 aromatic carbocycles. The van der Waals surface area contributed by atoms with Crippen LogP contribution >= 0.6 is 0 Å². The molecule has 2 N–H and O–H groups in total. The molecule has 4 heteroatoms. The zero-order chi connectivity index (χ0) is 15.1. The van der Waals surface area contributed by atoms with Gasteiger partial charge in [0.25, 0.3) is 0 Å². The molecule has 3 rings (SSSR count). The van der Waals surface area contributed by atoms with Crippen LogP contribution in [0, 0.1) is 12.7 Å². The van der Waals surface area contributed by atoms with Gasteiger partial charge in [-0.05, 0) is 37.1 Å².